The van der Waals surface area contributed by atoms with E-state index in [0.29, 0.717) is 13.0 Å². The van der Waals surface area contributed by atoms with E-state index in [1.165, 1.54) is 0 Å². The van der Waals surface area contributed by atoms with Crippen molar-refractivity contribution in [2.75, 3.05) is 44.0 Å². The lowest BCUT2D eigenvalue weighted by Crippen LogP contribution is -2.42. The predicted octanol–water partition coefficient (Wildman–Crippen LogP) is 2.54. The molecular weight excluding hydrogens is 384 g/mol. The topological polar surface area (TPSA) is 71.8 Å². The Hall–Kier alpha value is -1.48. The van der Waals surface area contributed by atoms with Gasteiger partial charge in [-0.25, -0.2) is 13.1 Å². The molecule has 0 aliphatic carbocycles. The Kier molecular flexibility index (Phi) is 7.23. The predicted molar refractivity (Wildman–Crippen MR) is 109 cm³/mol. The van der Waals surface area contributed by atoms with Gasteiger partial charge in [-0.3, -0.25) is 4.90 Å². The highest BCUT2D eigenvalue weighted by molar-refractivity contribution is 7.99. The molecule has 1 fully saturated rings. The molecule has 0 bridgehead atoms. The van der Waals surface area contributed by atoms with Crippen LogP contribution in [-0.4, -0.2) is 57.3 Å². The van der Waals surface area contributed by atoms with Crippen LogP contribution in [0, 0.1) is 0 Å². The number of ether oxygens (including phenoxy) is 1. The Bertz CT molecular complexity index is 786. The van der Waals surface area contributed by atoms with Crippen LogP contribution in [0.3, 0.4) is 0 Å². The molecule has 1 aromatic heterocycles. The number of hydrogen-bond donors (Lipinski definition) is 1. The van der Waals surface area contributed by atoms with E-state index in [1.807, 2.05) is 48.2 Å². The van der Waals surface area contributed by atoms with E-state index >= 15 is 0 Å². The largest absolute Gasteiger partial charge is 0.497 e. The molecule has 1 aliphatic rings. The number of thioether (sulfide) groups is 1. The van der Waals surface area contributed by atoms with Gasteiger partial charge < -0.3 is 9.15 Å². The maximum absolute atomic E-state index is 12.5. The summed E-state index contributed by atoms with van der Waals surface area (Å²) in [6.07, 6.45) is 2.10. The molecule has 8 heteroatoms. The number of nitrogens with zero attached hydrogens (tertiary/aromatic N) is 1. The van der Waals surface area contributed by atoms with Crippen LogP contribution in [-0.2, 0) is 16.4 Å². The lowest BCUT2D eigenvalue weighted by molar-refractivity contribution is 0.193. The first-order valence-electron chi connectivity index (χ1n) is 9.03. The van der Waals surface area contributed by atoms with Crippen molar-refractivity contribution in [3.05, 3.63) is 54.0 Å². The van der Waals surface area contributed by atoms with Crippen molar-refractivity contribution in [3.63, 3.8) is 0 Å². The Balaban J connectivity index is 1.57. The molecule has 1 aliphatic heterocycles. The summed E-state index contributed by atoms with van der Waals surface area (Å²) in [5.74, 6) is 3.74. The fourth-order valence-electron chi connectivity index (χ4n) is 3.10. The zero-order valence-electron chi connectivity index (χ0n) is 15.5. The van der Waals surface area contributed by atoms with Crippen LogP contribution in [0.15, 0.2) is 47.1 Å². The van der Waals surface area contributed by atoms with E-state index in [9.17, 15) is 8.42 Å². The maximum Gasteiger partial charge on any atom is 0.211 e. The number of nitrogens with one attached hydrogen (secondary N) is 1. The second kappa shape index (κ2) is 9.64. The fraction of sp³-hybridized carbons (Fsp3) is 0.474. The monoisotopic (exact) mass is 410 g/mol. The summed E-state index contributed by atoms with van der Waals surface area (Å²) in [5, 5.41) is 0. The molecule has 2 aromatic rings. The highest BCUT2D eigenvalue weighted by Gasteiger charge is 2.26. The van der Waals surface area contributed by atoms with Crippen molar-refractivity contribution in [3.8, 4) is 5.75 Å². The molecule has 3 rings (SSSR count). The van der Waals surface area contributed by atoms with Gasteiger partial charge in [0.05, 0.1) is 25.2 Å². The van der Waals surface area contributed by atoms with E-state index in [4.69, 9.17) is 9.15 Å². The third-order valence-electron chi connectivity index (χ3n) is 4.67. The quantitative estimate of drug-likeness (QED) is 0.685. The van der Waals surface area contributed by atoms with Crippen LogP contribution in [0.4, 0.5) is 0 Å². The molecule has 0 spiro atoms. The zero-order valence-corrected chi connectivity index (χ0v) is 17.1. The standard InChI is InChI=1S/C19H26N2O4S2/c1-24-17-6-4-16(5-7-17)8-14-27(22,23)20-15-18(19-3-2-11-25-19)21-9-12-26-13-10-21/h2-7,11,18,20H,8-10,12-15H2,1H3. The van der Waals surface area contributed by atoms with E-state index in [-0.39, 0.29) is 11.8 Å². The van der Waals surface area contributed by atoms with Crippen molar-refractivity contribution in [2.45, 2.75) is 12.5 Å². The first-order valence-corrected chi connectivity index (χ1v) is 11.8. The van der Waals surface area contributed by atoms with Gasteiger partial charge >= 0.3 is 0 Å². The number of furan rings is 1. The normalized spacial score (nSPS) is 16.9. The number of rotatable bonds is 9. The Labute approximate surface area is 165 Å². The average molecular weight is 411 g/mol. The van der Waals surface area contributed by atoms with Gasteiger partial charge in [0.2, 0.25) is 10.0 Å². The van der Waals surface area contributed by atoms with Crippen molar-refractivity contribution in [1.82, 2.24) is 9.62 Å². The molecule has 0 amide bonds. The van der Waals surface area contributed by atoms with Crippen LogP contribution in [0.1, 0.15) is 17.4 Å². The first-order chi connectivity index (χ1) is 13.1. The lowest BCUT2D eigenvalue weighted by atomic mass is 10.2. The van der Waals surface area contributed by atoms with Crippen LogP contribution in [0.2, 0.25) is 0 Å². The SMILES string of the molecule is COc1ccc(CCS(=O)(=O)NCC(c2ccco2)N2CCSCC2)cc1. The van der Waals surface area contributed by atoms with Gasteiger partial charge in [-0.15, -0.1) is 0 Å². The van der Waals surface area contributed by atoms with Crippen LogP contribution >= 0.6 is 11.8 Å². The number of hydrogen-bond acceptors (Lipinski definition) is 6. The van der Waals surface area contributed by atoms with Gasteiger partial charge in [-0.2, -0.15) is 11.8 Å². The summed E-state index contributed by atoms with van der Waals surface area (Å²) in [6, 6.07) is 11.2. The highest BCUT2D eigenvalue weighted by atomic mass is 32.2. The van der Waals surface area contributed by atoms with Gasteiger partial charge in [-0.05, 0) is 36.2 Å². The second-order valence-corrected chi connectivity index (χ2v) is 9.60. The molecule has 1 N–H and O–H groups in total. The Morgan fingerprint density at radius 1 is 1.22 bits per heavy atom. The summed E-state index contributed by atoms with van der Waals surface area (Å²) < 4.78 is 38.5. The molecular formula is C19H26N2O4S2. The lowest BCUT2D eigenvalue weighted by Gasteiger charge is -2.33. The fourth-order valence-corrected chi connectivity index (χ4v) is 5.09. The Morgan fingerprint density at radius 3 is 2.59 bits per heavy atom. The van der Waals surface area contributed by atoms with Crippen LogP contribution in [0.25, 0.3) is 0 Å². The third-order valence-corrected chi connectivity index (χ3v) is 6.96. The second-order valence-electron chi connectivity index (χ2n) is 6.44. The minimum atomic E-state index is -3.38. The Morgan fingerprint density at radius 2 is 1.96 bits per heavy atom. The average Bonchev–Trinajstić information content (AvgIpc) is 3.22. The van der Waals surface area contributed by atoms with Gasteiger partial charge in [0.1, 0.15) is 11.5 Å². The van der Waals surface area contributed by atoms with E-state index < -0.39 is 10.0 Å². The van der Waals surface area contributed by atoms with Crippen molar-refractivity contribution < 1.29 is 17.6 Å². The van der Waals surface area contributed by atoms with Crippen molar-refractivity contribution in [1.29, 1.82) is 0 Å². The summed E-state index contributed by atoms with van der Waals surface area (Å²) in [4.78, 5) is 2.29. The van der Waals surface area contributed by atoms with Gasteiger partial charge in [0, 0.05) is 31.1 Å². The molecule has 0 radical (unpaired) electrons. The number of methoxy groups -OCH3 is 1. The molecule has 2 heterocycles. The van der Waals surface area contributed by atoms with Gasteiger partial charge in [0.15, 0.2) is 0 Å². The summed E-state index contributed by atoms with van der Waals surface area (Å²) in [5.41, 5.74) is 0.969. The van der Waals surface area contributed by atoms with Gasteiger partial charge in [0.25, 0.3) is 0 Å². The number of sulfonamides is 1. The maximum atomic E-state index is 12.5. The number of aryl methyl sites for hydroxylation is 1. The minimum Gasteiger partial charge on any atom is -0.497 e. The molecule has 27 heavy (non-hydrogen) atoms. The summed E-state index contributed by atoms with van der Waals surface area (Å²) in [6.45, 7) is 2.19. The molecule has 0 saturated carbocycles. The highest BCUT2D eigenvalue weighted by Crippen LogP contribution is 2.24. The van der Waals surface area contributed by atoms with E-state index in [2.05, 4.69) is 9.62 Å². The molecule has 148 valence electrons. The summed E-state index contributed by atoms with van der Waals surface area (Å²) in [7, 11) is -1.76. The third kappa shape index (κ3) is 6.00. The van der Waals surface area contributed by atoms with Gasteiger partial charge in [-0.1, -0.05) is 12.1 Å². The summed E-state index contributed by atoms with van der Waals surface area (Å²) >= 11 is 1.93. The molecule has 1 unspecified atom stereocenters. The first kappa shape index (κ1) is 20.3. The van der Waals surface area contributed by atoms with Crippen molar-refractivity contribution in [2.24, 2.45) is 0 Å². The van der Waals surface area contributed by atoms with E-state index in [0.717, 1.165) is 41.7 Å². The van der Waals surface area contributed by atoms with E-state index in [1.54, 1.807) is 13.4 Å². The molecule has 1 atom stereocenters. The van der Waals surface area contributed by atoms with Crippen LogP contribution in [0.5, 0.6) is 5.75 Å². The molecule has 1 saturated heterocycles. The van der Waals surface area contributed by atoms with Crippen molar-refractivity contribution >= 4 is 21.8 Å². The van der Waals surface area contributed by atoms with Crippen LogP contribution < -0.4 is 9.46 Å². The zero-order chi connectivity index (χ0) is 19.1. The number of benzene rings is 1. The molecule has 6 nitrogen and oxygen atoms in total. The smallest absolute Gasteiger partial charge is 0.211 e. The molecule has 1 aromatic carbocycles. The minimum absolute atomic E-state index is 0.0556.